The first-order valence-electron chi connectivity index (χ1n) is 8.29. The average Bonchev–Trinajstić information content (AvgIpc) is 3.13. The van der Waals surface area contributed by atoms with Gasteiger partial charge in [0.25, 0.3) is 5.91 Å². The molecule has 1 N–H and O–H groups in total. The summed E-state index contributed by atoms with van der Waals surface area (Å²) in [4.78, 5) is 29.7. The number of rotatable bonds is 6. The number of halogens is 1. The fourth-order valence-corrected chi connectivity index (χ4v) is 3.70. The minimum absolute atomic E-state index is 0.238. The Balaban J connectivity index is 1.61. The molecule has 0 aliphatic heterocycles. The van der Waals surface area contributed by atoms with Gasteiger partial charge in [-0.3, -0.25) is 4.79 Å². The Morgan fingerprint density at radius 3 is 2.79 bits per heavy atom. The molecule has 2 aromatic carbocycles. The SMILES string of the molecule is CSc1ccc(Cl)c(C(=O)OCC(=O)Nc2cccc(-c3csc(C)n3)c2)c1. The van der Waals surface area contributed by atoms with Crippen molar-refractivity contribution in [2.24, 2.45) is 0 Å². The van der Waals surface area contributed by atoms with Crippen LogP contribution in [0.5, 0.6) is 0 Å². The molecule has 0 atom stereocenters. The molecule has 1 aromatic heterocycles. The second-order valence-corrected chi connectivity index (χ2v) is 8.15. The number of aromatic nitrogens is 1. The number of nitrogens with zero attached hydrogens (tertiary/aromatic N) is 1. The third kappa shape index (κ3) is 5.13. The maximum absolute atomic E-state index is 12.2. The summed E-state index contributed by atoms with van der Waals surface area (Å²) in [5, 5.41) is 5.95. The molecule has 1 heterocycles. The van der Waals surface area contributed by atoms with Gasteiger partial charge in [0.05, 0.1) is 21.3 Å². The molecule has 28 heavy (non-hydrogen) atoms. The smallest absolute Gasteiger partial charge is 0.340 e. The zero-order chi connectivity index (χ0) is 20.1. The third-order valence-electron chi connectivity index (χ3n) is 3.79. The topological polar surface area (TPSA) is 68.3 Å². The van der Waals surface area contributed by atoms with Gasteiger partial charge in [-0.1, -0.05) is 23.7 Å². The molecule has 0 bridgehead atoms. The van der Waals surface area contributed by atoms with Crippen LogP contribution >= 0.6 is 34.7 Å². The Morgan fingerprint density at radius 1 is 1.25 bits per heavy atom. The van der Waals surface area contributed by atoms with Gasteiger partial charge in [0.2, 0.25) is 0 Å². The summed E-state index contributed by atoms with van der Waals surface area (Å²) in [7, 11) is 0. The minimum Gasteiger partial charge on any atom is -0.452 e. The zero-order valence-corrected chi connectivity index (χ0v) is 17.6. The van der Waals surface area contributed by atoms with E-state index in [-0.39, 0.29) is 10.6 Å². The van der Waals surface area contributed by atoms with Crippen LogP contribution in [0.1, 0.15) is 15.4 Å². The number of ether oxygens (including phenoxy) is 1. The monoisotopic (exact) mass is 432 g/mol. The van der Waals surface area contributed by atoms with Crippen molar-refractivity contribution in [3.05, 3.63) is 63.4 Å². The van der Waals surface area contributed by atoms with E-state index in [9.17, 15) is 9.59 Å². The van der Waals surface area contributed by atoms with Crippen LogP contribution in [-0.2, 0) is 9.53 Å². The van der Waals surface area contributed by atoms with Crippen LogP contribution in [0.15, 0.2) is 52.7 Å². The number of esters is 1. The van der Waals surface area contributed by atoms with E-state index in [1.165, 1.54) is 11.8 Å². The summed E-state index contributed by atoms with van der Waals surface area (Å²) in [6.07, 6.45) is 1.90. The van der Waals surface area contributed by atoms with Gasteiger partial charge in [0.1, 0.15) is 0 Å². The molecule has 0 aliphatic carbocycles. The van der Waals surface area contributed by atoms with Gasteiger partial charge in [-0.25, -0.2) is 9.78 Å². The lowest BCUT2D eigenvalue weighted by Crippen LogP contribution is -2.21. The lowest BCUT2D eigenvalue weighted by molar-refractivity contribution is -0.119. The fraction of sp³-hybridized carbons (Fsp3) is 0.150. The summed E-state index contributed by atoms with van der Waals surface area (Å²) in [6, 6.07) is 12.4. The van der Waals surface area contributed by atoms with Gasteiger partial charge < -0.3 is 10.1 Å². The van der Waals surface area contributed by atoms with Crippen molar-refractivity contribution in [2.45, 2.75) is 11.8 Å². The van der Waals surface area contributed by atoms with E-state index in [4.69, 9.17) is 16.3 Å². The van der Waals surface area contributed by atoms with Crippen LogP contribution in [0.4, 0.5) is 5.69 Å². The Labute approximate surface area is 176 Å². The Hall–Kier alpha value is -2.35. The van der Waals surface area contributed by atoms with Crippen LogP contribution in [-0.4, -0.2) is 29.7 Å². The molecule has 3 rings (SSSR count). The highest BCUT2D eigenvalue weighted by molar-refractivity contribution is 7.98. The number of carbonyl (C=O) groups is 2. The molecule has 3 aromatic rings. The fourth-order valence-electron chi connectivity index (χ4n) is 2.45. The molecule has 0 radical (unpaired) electrons. The highest BCUT2D eigenvalue weighted by Gasteiger charge is 2.15. The zero-order valence-electron chi connectivity index (χ0n) is 15.2. The molecule has 0 unspecified atom stereocenters. The molecule has 0 saturated heterocycles. The maximum Gasteiger partial charge on any atom is 0.340 e. The second kappa shape index (κ2) is 9.23. The minimum atomic E-state index is -0.636. The number of aryl methyl sites for hydroxylation is 1. The van der Waals surface area contributed by atoms with Crippen molar-refractivity contribution in [3.63, 3.8) is 0 Å². The van der Waals surface area contributed by atoms with Crippen LogP contribution in [0.25, 0.3) is 11.3 Å². The first-order chi connectivity index (χ1) is 13.5. The molecule has 0 fully saturated rings. The molecule has 5 nitrogen and oxygen atoms in total. The van der Waals surface area contributed by atoms with E-state index in [1.54, 1.807) is 29.5 Å². The molecule has 0 spiro atoms. The summed E-state index contributed by atoms with van der Waals surface area (Å²) < 4.78 is 5.11. The van der Waals surface area contributed by atoms with Crippen molar-refractivity contribution in [3.8, 4) is 11.3 Å². The van der Waals surface area contributed by atoms with Gasteiger partial charge in [0, 0.05) is 21.5 Å². The quantitative estimate of drug-likeness (QED) is 0.423. The Bertz CT molecular complexity index is 1020. The number of hydrogen-bond donors (Lipinski definition) is 1. The van der Waals surface area contributed by atoms with Crippen molar-refractivity contribution in [2.75, 3.05) is 18.2 Å². The lowest BCUT2D eigenvalue weighted by atomic mass is 10.1. The largest absolute Gasteiger partial charge is 0.452 e. The molecule has 0 aliphatic rings. The van der Waals surface area contributed by atoms with Gasteiger partial charge in [-0.2, -0.15) is 0 Å². The summed E-state index contributed by atoms with van der Waals surface area (Å²) >= 11 is 9.10. The van der Waals surface area contributed by atoms with E-state index < -0.39 is 18.5 Å². The highest BCUT2D eigenvalue weighted by Crippen LogP contribution is 2.25. The summed E-state index contributed by atoms with van der Waals surface area (Å²) in [5.74, 6) is -1.07. The Kier molecular flexibility index (Phi) is 6.72. The van der Waals surface area contributed by atoms with E-state index in [0.29, 0.717) is 5.69 Å². The second-order valence-electron chi connectivity index (χ2n) is 5.80. The van der Waals surface area contributed by atoms with Crippen LogP contribution in [0.2, 0.25) is 5.02 Å². The molecule has 144 valence electrons. The lowest BCUT2D eigenvalue weighted by Gasteiger charge is -2.09. The number of benzene rings is 2. The number of hydrogen-bond acceptors (Lipinski definition) is 6. The molecule has 0 saturated carbocycles. The average molecular weight is 433 g/mol. The molecular weight excluding hydrogens is 416 g/mol. The standard InChI is InChI=1S/C20H17ClN2O3S2/c1-12-22-18(11-28-12)13-4-3-5-14(8-13)23-19(24)10-26-20(25)16-9-15(27-2)6-7-17(16)21/h3-9,11H,10H2,1-2H3,(H,23,24). The summed E-state index contributed by atoms with van der Waals surface area (Å²) in [5.41, 5.74) is 2.60. The van der Waals surface area contributed by atoms with Gasteiger partial charge in [-0.15, -0.1) is 23.1 Å². The van der Waals surface area contributed by atoms with E-state index in [0.717, 1.165) is 21.2 Å². The van der Waals surface area contributed by atoms with E-state index >= 15 is 0 Å². The molecule has 1 amide bonds. The van der Waals surface area contributed by atoms with E-state index in [2.05, 4.69) is 10.3 Å². The third-order valence-corrected chi connectivity index (χ3v) is 5.62. The summed E-state index contributed by atoms with van der Waals surface area (Å²) in [6.45, 7) is 1.54. The predicted octanol–water partition coefficient (Wildman–Crippen LogP) is 5.29. The number of carbonyl (C=O) groups excluding carboxylic acids is 2. The van der Waals surface area contributed by atoms with Crippen LogP contribution in [0, 0.1) is 6.92 Å². The van der Waals surface area contributed by atoms with Crippen molar-refractivity contribution >= 4 is 52.3 Å². The van der Waals surface area contributed by atoms with Crippen molar-refractivity contribution in [1.29, 1.82) is 0 Å². The molecule has 8 heteroatoms. The predicted molar refractivity (Wildman–Crippen MR) is 114 cm³/mol. The number of nitrogens with one attached hydrogen (secondary N) is 1. The van der Waals surface area contributed by atoms with Gasteiger partial charge in [0.15, 0.2) is 6.61 Å². The van der Waals surface area contributed by atoms with Crippen molar-refractivity contribution in [1.82, 2.24) is 4.98 Å². The van der Waals surface area contributed by atoms with Crippen LogP contribution in [0.3, 0.4) is 0 Å². The maximum atomic E-state index is 12.2. The normalized spacial score (nSPS) is 10.5. The van der Waals surface area contributed by atoms with Gasteiger partial charge >= 0.3 is 5.97 Å². The Morgan fingerprint density at radius 2 is 2.07 bits per heavy atom. The number of amides is 1. The first kappa shape index (κ1) is 20.4. The van der Waals surface area contributed by atoms with Crippen LogP contribution < -0.4 is 5.32 Å². The number of thiazole rings is 1. The highest BCUT2D eigenvalue weighted by atomic mass is 35.5. The van der Waals surface area contributed by atoms with E-state index in [1.807, 2.05) is 42.8 Å². The number of anilines is 1. The first-order valence-corrected chi connectivity index (χ1v) is 10.8. The van der Waals surface area contributed by atoms with Crippen molar-refractivity contribution < 1.29 is 14.3 Å². The number of thioether (sulfide) groups is 1. The molecular formula is C20H17ClN2O3S2. The van der Waals surface area contributed by atoms with Gasteiger partial charge in [-0.05, 0) is 43.5 Å².